The third-order valence-electron chi connectivity index (χ3n) is 5.32. The fraction of sp³-hybridized carbons (Fsp3) is 0.778. The van der Waals surface area contributed by atoms with Gasteiger partial charge in [-0.05, 0) is 37.6 Å². The summed E-state index contributed by atoms with van der Waals surface area (Å²) in [5, 5.41) is 7.10. The Kier molecular flexibility index (Phi) is 6.63. The quantitative estimate of drug-likeness (QED) is 0.768. The molecular weight excluding hydrogens is 290 g/mol. The van der Waals surface area contributed by atoms with Gasteiger partial charge in [0.25, 0.3) is 0 Å². The number of nitrogens with one attached hydrogen (secondary N) is 1. The van der Waals surface area contributed by atoms with E-state index in [9.17, 15) is 4.79 Å². The maximum atomic E-state index is 12.3. The molecule has 0 saturated heterocycles. The third-order valence-corrected chi connectivity index (χ3v) is 5.32. The van der Waals surface area contributed by atoms with E-state index in [-0.39, 0.29) is 11.3 Å². The second-order valence-electron chi connectivity index (χ2n) is 6.95. The molecule has 0 bridgehead atoms. The lowest BCUT2D eigenvalue weighted by Crippen LogP contribution is -2.38. The molecule has 1 amide bonds. The van der Waals surface area contributed by atoms with Gasteiger partial charge in [0.15, 0.2) is 5.76 Å². The summed E-state index contributed by atoms with van der Waals surface area (Å²) in [6.07, 6.45) is 8.39. The third kappa shape index (κ3) is 4.80. The number of carbonyl (C=O) groups excluding carboxylic acids is 1. The van der Waals surface area contributed by atoms with Crippen LogP contribution in [0.1, 0.15) is 82.6 Å². The molecular formula is C18H31N3O2. The van der Waals surface area contributed by atoms with Crippen molar-refractivity contribution in [3.05, 3.63) is 17.5 Å². The van der Waals surface area contributed by atoms with Crippen LogP contribution in [0.25, 0.3) is 0 Å². The van der Waals surface area contributed by atoms with Crippen molar-refractivity contribution in [3.8, 4) is 0 Å². The van der Waals surface area contributed by atoms with Crippen molar-refractivity contribution < 1.29 is 9.32 Å². The summed E-state index contributed by atoms with van der Waals surface area (Å²) in [6.45, 7) is 5.32. The molecule has 1 aliphatic carbocycles. The normalized spacial score (nSPS) is 17.4. The predicted octanol–water partition coefficient (Wildman–Crippen LogP) is 3.49. The molecule has 1 heterocycles. The smallest absolute Gasteiger partial charge is 0.220 e. The Balaban J connectivity index is 1.84. The molecule has 1 aromatic heterocycles. The largest absolute Gasteiger partial charge is 0.359 e. The van der Waals surface area contributed by atoms with E-state index < -0.39 is 0 Å². The fourth-order valence-corrected chi connectivity index (χ4v) is 3.66. The summed E-state index contributed by atoms with van der Waals surface area (Å²) in [5.41, 5.74) is 6.95. The first kappa shape index (κ1) is 18.0. The minimum absolute atomic E-state index is 0.00439. The zero-order valence-corrected chi connectivity index (χ0v) is 14.6. The van der Waals surface area contributed by atoms with Crippen molar-refractivity contribution >= 4 is 5.91 Å². The number of hydrogen-bond acceptors (Lipinski definition) is 4. The number of rotatable bonds is 8. The molecule has 0 atom stereocenters. The fourth-order valence-electron chi connectivity index (χ4n) is 3.66. The second kappa shape index (κ2) is 8.48. The molecule has 1 saturated carbocycles. The van der Waals surface area contributed by atoms with E-state index in [1.807, 2.05) is 6.07 Å². The lowest BCUT2D eigenvalue weighted by Gasteiger charge is -2.35. The number of carbonyl (C=O) groups is 1. The number of amides is 1. The minimum Gasteiger partial charge on any atom is -0.359 e. The Morgan fingerprint density at radius 1 is 1.35 bits per heavy atom. The molecule has 0 aliphatic heterocycles. The highest BCUT2D eigenvalue weighted by atomic mass is 16.5. The Bertz CT molecular complexity index is 488. The Morgan fingerprint density at radius 2 is 2.04 bits per heavy atom. The van der Waals surface area contributed by atoms with Crippen molar-refractivity contribution in [1.29, 1.82) is 0 Å². The average molecular weight is 321 g/mol. The summed E-state index contributed by atoms with van der Waals surface area (Å²) in [5.74, 6) is 1.23. The van der Waals surface area contributed by atoms with E-state index in [4.69, 9.17) is 10.3 Å². The van der Waals surface area contributed by atoms with Crippen molar-refractivity contribution in [2.75, 3.05) is 6.54 Å². The molecule has 5 nitrogen and oxygen atoms in total. The zero-order valence-electron chi connectivity index (χ0n) is 14.6. The van der Waals surface area contributed by atoms with Crippen molar-refractivity contribution in [2.24, 2.45) is 11.1 Å². The van der Waals surface area contributed by atoms with E-state index in [1.54, 1.807) is 0 Å². The van der Waals surface area contributed by atoms with Crippen LogP contribution >= 0.6 is 0 Å². The molecule has 0 aromatic carbocycles. The summed E-state index contributed by atoms with van der Waals surface area (Å²) >= 11 is 0. The van der Waals surface area contributed by atoms with Crippen LogP contribution in [0.15, 0.2) is 10.6 Å². The number of nitrogens with zero attached hydrogens (tertiary/aromatic N) is 1. The van der Waals surface area contributed by atoms with Gasteiger partial charge < -0.3 is 15.6 Å². The standard InChI is InChI=1S/C18H31N3O2/c1-3-14(4-2)16-10-15(23-21-16)12-20-17(22)11-18(13-19)8-6-5-7-9-18/h10,14H,3-9,11-13,19H2,1-2H3,(H,20,22). The molecule has 23 heavy (non-hydrogen) atoms. The first-order valence-corrected chi connectivity index (χ1v) is 9.04. The highest BCUT2D eigenvalue weighted by Crippen LogP contribution is 2.38. The molecule has 0 radical (unpaired) electrons. The van der Waals surface area contributed by atoms with Crippen molar-refractivity contribution in [2.45, 2.75) is 77.7 Å². The average Bonchev–Trinajstić information content (AvgIpc) is 3.04. The van der Waals surface area contributed by atoms with Crippen LogP contribution < -0.4 is 11.1 Å². The maximum absolute atomic E-state index is 12.3. The second-order valence-corrected chi connectivity index (χ2v) is 6.95. The summed E-state index contributed by atoms with van der Waals surface area (Å²) in [6, 6.07) is 1.97. The van der Waals surface area contributed by atoms with Crippen LogP contribution in [0.4, 0.5) is 0 Å². The van der Waals surface area contributed by atoms with Gasteiger partial charge in [0.05, 0.1) is 12.2 Å². The van der Waals surface area contributed by atoms with E-state index in [1.165, 1.54) is 19.3 Å². The van der Waals surface area contributed by atoms with Gasteiger partial charge in [-0.1, -0.05) is 38.3 Å². The molecule has 1 aliphatic rings. The highest BCUT2D eigenvalue weighted by molar-refractivity contribution is 5.76. The van der Waals surface area contributed by atoms with E-state index in [2.05, 4.69) is 24.3 Å². The molecule has 1 fully saturated rings. The molecule has 3 N–H and O–H groups in total. The lowest BCUT2D eigenvalue weighted by atomic mass is 9.71. The predicted molar refractivity (Wildman–Crippen MR) is 90.9 cm³/mol. The number of nitrogens with two attached hydrogens (primary N) is 1. The van der Waals surface area contributed by atoms with E-state index in [0.717, 1.165) is 37.1 Å². The van der Waals surface area contributed by atoms with Crippen molar-refractivity contribution in [3.63, 3.8) is 0 Å². The van der Waals surface area contributed by atoms with Crippen molar-refractivity contribution in [1.82, 2.24) is 10.5 Å². The van der Waals surface area contributed by atoms with Gasteiger partial charge in [-0.25, -0.2) is 0 Å². The SMILES string of the molecule is CCC(CC)c1cc(CNC(=O)CC2(CN)CCCCC2)on1. The Hall–Kier alpha value is -1.36. The van der Waals surface area contributed by atoms with E-state index >= 15 is 0 Å². The lowest BCUT2D eigenvalue weighted by molar-refractivity contribution is -0.124. The van der Waals surface area contributed by atoms with Gasteiger partial charge in [-0.3, -0.25) is 4.79 Å². The molecule has 0 unspecified atom stereocenters. The molecule has 0 spiro atoms. The molecule has 2 rings (SSSR count). The van der Waals surface area contributed by atoms with Gasteiger partial charge >= 0.3 is 0 Å². The highest BCUT2D eigenvalue weighted by Gasteiger charge is 2.32. The Morgan fingerprint density at radius 3 is 2.65 bits per heavy atom. The van der Waals surface area contributed by atoms with Crippen LogP contribution in [-0.2, 0) is 11.3 Å². The zero-order chi connectivity index (χ0) is 16.7. The van der Waals surface area contributed by atoms with Crippen LogP contribution in [0, 0.1) is 5.41 Å². The summed E-state index contributed by atoms with van der Waals surface area (Å²) in [4.78, 5) is 12.3. The van der Waals surface area contributed by atoms with Crippen LogP contribution in [0.5, 0.6) is 0 Å². The van der Waals surface area contributed by atoms with Gasteiger partial charge in [0.2, 0.25) is 5.91 Å². The molecule has 1 aromatic rings. The van der Waals surface area contributed by atoms with Gasteiger partial charge in [0.1, 0.15) is 0 Å². The number of hydrogen-bond donors (Lipinski definition) is 2. The molecule has 130 valence electrons. The monoisotopic (exact) mass is 321 g/mol. The van der Waals surface area contributed by atoms with E-state index in [0.29, 0.717) is 25.4 Å². The topological polar surface area (TPSA) is 81.2 Å². The van der Waals surface area contributed by atoms with Crippen LogP contribution in [0.2, 0.25) is 0 Å². The first-order chi connectivity index (χ1) is 11.1. The van der Waals surface area contributed by atoms with Crippen LogP contribution in [0.3, 0.4) is 0 Å². The summed E-state index contributed by atoms with van der Waals surface area (Å²) in [7, 11) is 0. The minimum atomic E-state index is 0.00439. The van der Waals surface area contributed by atoms with Gasteiger partial charge in [-0.2, -0.15) is 0 Å². The Labute approximate surface area is 139 Å². The van der Waals surface area contributed by atoms with Gasteiger partial charge in [-0.15, -0.1) is 0 Å². The number of aromatic nitrogens is 1. The van der Waals surface area contributed by atoms with Crippen LogP contribution in [-0.4, -0.2) is 17.6 Å². The summed E-state index contributed by atoms with van der Waals surface area (Å²) < 4.78 is 5.35. The first-order valence-electron chi connectivity index (χ1n) is 9.04. The molecule has 5 heteroatoms. The maximum Gasteiger partial charge on any atom is 0.220 e. The van der Waals surface area contributed by atoms with Gasteiger partial charge in [0, 0.05) is 18.4 Å².